The monoisotopic (exact) mass is 248 g/mol. The number of esters is 1. The zero-order valence-corrected chi connectivity index (χ0v) is 9.57. The smallest absolute Gasteiger partial charge is 0.303 e. The molecule has 0 aromatic heterocycles. The number of aliphatic hydroxyl groups is 3. The first-order valence-corrected chi connectivity index (χ1v) is 5.21. The van der Waals surface area contributed by atoms with Crippen LogP contribution in [0.15, 0.2) is 0 Å². The van der Waals surface area contributed by atoms with Gasteiger partial charge in [-0.05, 0) is 6.92 Å². The summed E-state index contributed by atoms with van der Waals surface area (Å²) in [4.78, 5) is 22.1. The number of carbonyl (C=O) groups excluding carboxylic acids is 2. The van der Waals surface area contributed by atoms with Crippen LogP contribution < -0.4 is 0 Å². The van der Waals surface area contributed by atoms with Gasteiger partial charge in [0, 0.05) is 6.92 Å². The molecule has 3 N–H and O–H groups in total. The van der Waals surface area contributed by atoms with Gasteiger partial charge >= 0.3 is 5.97 Å². The standard InChI is InChI=1S/C10H16O7/c1-4(11)7(13)10-9(15)8(14)6(3-16-10)17-5(2)12/h4,6,8-11,14-15H,3H2,1-2H3/t4?,6-,8+,9-,10+/m0/s1. The molecule has 0 aromatic rings. The number of hydrogen-bond donors (Lipinski definition) is 3. The topological polar surface area (TPSA) is 113 Å². The molecule has 0 aliphatic carbocycles. The minimum atomic E-state index is -1.53. The van der Waals surface area contributed by atoms with Crippen molar-refractivity contribution in [2.24, 2.45) is 0 Å². The normalized spacial score (nSPS) is 35.1. The molecule has 17 heavy (non-hydrogen) atoms. The molecule has 0 bridgehead atoms. The van der Waals surface area contributed by atoms with Crippen molar-refractivity contribution >= 4 is 11.8 Å². The maximum atomic E-state index is 11.4. The van der Waals surface area contributed by atoms with Crippen LogP contribution in [-0.4, -0.2) is 64.2 Å². The van der Waals surface area contributed by atoms with E-state index in [2.05, 4.69) is 0 Å². The molecule has 1 aliphatic heterocycles. The van der Waals surface area contributed by atoms with Gasteiger partial charge < -0.3 is 24.8 Å². The van der Waals surface area contributed by atoms with Gasteiger partial charge in [-0.2, -0.15) is 0 Å². The van der Waals surface area contributed by atoms with E-state index in [1.54, 1.807) is 0 Å². The summed E-state index contributed by atoms with van der Waals surface area (Å²) in [6.45, 7) is 2.19. The average Bonchev–Trinajstić information content (AvgIpc) is 2.23. The summed E-state index contributed by atoms with van der Waals surface area (Å²) in [6.07, 6.45) is -6.57. The Bertz CT molecular complexity index is 301. The highest BCUT2D eigenvalue weighted by molar-refractivity contribution is 5.87. The molecule has 0 radical (unpaired) electrons. The number of rotatable bonds is 3. The first kappa shape index (κ1) is 14.0. The largest absolute Gasteiger partial charge is 0.457 e. The van der Waals surface area contributed by atoms with Crippen LogP contribution in [0.2, 0.25) is 0 Å². The van der Waals surface area contributed by atoms with Crippen LogP contribution >= 0.6 is 0 Å². The highest BCUT2D eigenvalue weighted by Crippen LogP contribution is 2.19. The molecule has 98 valence electrons. The van der Waals surface area contributed by atoms with Crippen LogP contribution in [0.4, 0.5) is 0 Å². The summed E-state index contributed by atoms with van der Waals surface area (Å²) in [6, 6.07) is 0. The van der Waals surface area contributed by atoms with Crippen LogP contribution in [0.3, 0.4) is 0 Å². The molecule has 1 aliphatic rings. The molecule has 5 atom stereocenters. The lowest BCUT2D eigenvalue weighted by Gasteiger charge is -2.36. The quantitative estimate of drug-likeness (QED) is 0.494. The van der Waals surface area contributed by atoms with Crippen molar-refractivity contribution < 1.29 is 34.4 Å². The van der Waals surface area contributed by atoms with Crippen molar-refractivity contribution in [1.82, 2.24) is 0 Å². The van der Waals surface area contributed by atoms with Crippen molar-refractivity contribution in [3.63, 3.8) is 0 Å². The summed E-state index contributed by atoms with van der Waals surface area (Å²) < 4.78 is 9.72. The Balaban J connectivity index is 2.68. The summed E-state index contributed by atoms with van der Waals surface area (Å²) in [5.41, 5.74) is 0. The molecular weight excluding hydrogens is 232 g/mol. The summed E-state index contributed by atoms with van der Waals surface area (Å²) in [5.74, 6) is -1.34. The fourth-order valence-electron chi connectivity index (χ4n) is 1.60. The third-order valence-electron chi connectivity index (χ3n) is 2.49. The Morgan fingerprint density at radius 1 is 1.35 bits per heavy atom. The Kier molecular flexibility index (Phi) is 4.58. The van der Waals surface area contributed by atoms with Crippen LogP contribution in [0, 0.1) is 0 Å². The van der Waals surface area contributed by atoms with Crippen LogP contribution in [-0.2, 0) is 19.1 Å². The van der Waals surface area contributed by atoms with Gasteiger partial charge in [-0.25, -0.2) is 0 Å². The lowest BCUT2D eigenvalue weighted by atomic mass is 9.95. The molecule has 1 heterocycles. The molecular formula is C10H16O7. The number of aliphatic hydroxyl groups excluding tert-OH is 3. The van der Waals surface area contributed by atoms with E-state index in [0.717, 1.165) is 6.92 Å². The summed E-state index contributed by atoms with van der Waals surface area (Å²) >= 11 is 0. The van der Waals surface area contributed by atoms with Crippen LogP contribution in [0.1, 0.15) is 13.8 Å². The number of ketones is 1. The molecule has 0 spiro atoms. The molecule has 1 fully saturated rings. The van der Waals surface area contributed by atoms with Crippen molar-refractivity contribution in [3.8, 4) is 0 Å². The molecule has 1 unspecified atom stereocenters. The van der Waals surface area contributed by atoms with Crippen molar-refractivity contribution in [2.45, 2.75) is 44.4 Å². The highest BCUT2D eigenvalue weighted by Gasteiger charge is 2.44. The van der Waals surface area contributed by atoms with E-state index < -0.39 is 42.3 Å². The molecule has 1 saturated heterocycles. The molecule has 7 heteroatoms. The minimum Gasteiger partial charge on any atom is -0.457 e. The van der Waals surface area contributed by atoms with Gasteiger partial charge in [0.2, 0.25) is 0 Å². The molecule has 0 saturated carbocycles. The molecule has 0 aromatic carbocycles. The predicted molar refractivity (Wildman–Crippen MR) is 54.0 cm³/mol. The Morgan fingerprint density at radius 2 is 1.94 bits per heavy atom. The van der Waals surface area contributed by atoms with E-state index in [1.165, 1.54) is 6.92 Å². The first-order chi connectivity index (χ1) is 7.84. The summed E-state index contributed by atoms with van der Waals surface area (Å²) in [7, 11) is 0. The van der Waals surface area contributed by atoms with Gasteiger partial charge in [-0.3, -0.25) is 9.59 Å². The highest BCUT2D eigenvalue weighted by atomic mass is 16.6. The molecule has 0 amide bonds. The Morgan fingerprint density at radius 3 is 2.41 bits per heavy atom. The third-order valence-corrected chi connectivity index (χ3v) is 2.49. The fourth-order valence-corrected chi connectivity index (χ4v) is 1.60. The lowest BCUT2D eigenvalue weighted by Crippen LogP contribution is -2.58. The third kappa shape index (κ3) is 3.22. The summed E-state index contributed by atoms with van der Waals surface area (Å²) in [5, 5.41) is 28.4. The van der Waals surface area contributed by atoms with Gasteiger partial charge in [0.15, 0.2) is 11.9 Å². The van der Waals surface area contributed by atoms with E-state index in [4.69, 9.17) is 14.6 Å². The molecule has 7 nitrogen and oxygen atoms in total. The maximum absolute atomic E-state index is 11.4. The van der Waals surface area contributed by atoms with Gasteiger partial charge in [0.25, 0.3) is 0 Å². The van der Waals surface area contributed by atoms with Gasteiger partial charge in [0.05, 0.1) is 6.61 Å². The van der Waals surface area contributed by atoms with Crippen molar-refractivity contribution in [2.75, 3.05) is 6.61 Å². The average molecular weight is 248 g/mol. The van der Waals surface area contributed by atoms with E-state index in [9.17, 15) is 19.8 Å². The van der Waals surface area contributed by atoms with Crippen molar-refractivity contribution in [3.05, 3.63) is 0 Å². The minimum absolute atomic E-state index is 0.207. The predicted octanol–water partition coefficient (Wildman–Crippen LogP) is -2.01. The van der Waals surface area contributed by atoms with Crippen LogP contribution in [0.5, 0.6) is 0 Å². The first-order valence-electron chi connectivity index (χ1n) is 5.21. The van der Waals surface area contributed by atoms with E-state index in [-0.39, 0.29) is 6.61 Å². The number of hydrogen-bond acceptors (Lipinski definition) is 7. The second-order valence-electron chi connectivity index (χ2n) is 3.96. The SMILES string of the molecule is CC(=O)O[C@H]1CO[C@H](C(=O)C(C)O)[C@@H](O)[C@@H]1O. The van der Waals surface area contributed by atoms with E-state index in [0.29, 0.717) is 0 Å². The van der Waals surface area contributed by atoms with E-state index >= 15 is 0 Å². The Labute approximate surface area is 98.0 Å². The number of carbonyl (C=O) groups is 2. The van der Waals surface area contributed by atoms with Crippen LogP contribution in [0.25, 0.3) is 0 Å². The lowest BCUT2D eigenvalue weighted by molar-refractivity contribution is -0.206. The molecule has 1 rings (SSSR count). The Hall–Kier alpha value is -1.02. The second-order valence-corrected chi connectivity index (χ2v) is 3.96. The number of Topliss-reactive ketones (excluding diaryl/α,β-unsaturated/α-hetero) is 1. The van der Waals surface area contributed by atoms with Gasteiger partial charge in [-0.1, -0.05) is 0 Å². The number of ether oxygens (including phenoxy) is 2. The van der Waals surface area contributed by atoms with Crippen molar-refractivity contribution in [1.29, 1.82) is 0 Å². The van der Waals surface area contributed by atoms with Gasteiger partial charge in [-0.15, -0.1) is 0 Å². The zero-order valence-electron chi connectivity index (χ0n) is 9.57. The second kappa shape index (κ2) is 5.54. The van der Waals surface area contributed by atoms with Gasteiger partial charge in [0.1, 0.15) is 24.4 Å². The maximum Gasteiger partial charge on any atom is 0.303 e. The van der Waals surface area contributed by atoms with E-state index in [1.807, 2.05) is 0 Å². The fraction of sp³-hybridized carbons (Fsp3) is 0.800. The zero-order chi connectivity index (χ0) is 13.2.